The van der Waals surface area contributed by atoms with Crippen LogP contribution in [-0.4, -0.2) is 10.6 Å². The number of Topliss-reactive ketones (excluding diaryl/α,β-unsaturated/α-hetero) is 1. The fourth-order valence-corrected chi connectivity index (χ4v) is 1.85. The first-order chi connectivity index (χ1) is 6.95. The largest absolute Gasteiger partial charge is 0.299 e. The van der Waals surface area contributed by atoms with Crippen molar-refractivity contribution in [2.45, 2.75) is 24.6 Å². The van der Waals surface area contributed by atoms with Gasteiger partial charge in [0.1, 0.15) is 11.6 Å². The number of halogens is 3. The Bertz CT molecular complexity index is 381. The summed E-state index contributed by atoms with van der Waals surface area (Å²) < 4.78 is 13.6. The Balaban J connectivity index is 3.06. The molecule has 0 bridgehead atoms. The third-order valence-corrected chi connectivity index (χ3v) is 4.03. The lowest BCUT2D eigenvalue weighted by molar-refractivity contribution is -0.116. The van der Waals surface area contributed by atoms with Gasteiger partial charge in [0.2, 0.25) is 0 Å². The van der Waals surface area contributed by atoms with Gasteiger partial charge < -0.3 is 0 Å². The van der Waals surface area contributed by atoms with Crippen molar-refractivity contribution >= 4 is 33.3 Å². The Kier molecular flexibility index (Phi) is 4.29. The van der Waals surface area contributed by atoms with E-state index in [1.54, 1.807) is 19.1 Å². The molecule has 1 aromatic rings. The number of rotatable bonds is 3. The van der Waals surface area contributed by atoms with Gasteiger partial charge in [-0.05, 0) is 18.6 Å². The van der Waals surface area contributed by atoms with Crippen LogP contribution in [0.5, 0.6) is 0 Å². The highest BCUT2D eigenvalue weighted by Crippen LogP contribution is 2.30. The van der Waals surface area contributed by atoms with Crippen LogP contribution in [0.2, 0.25) is 5.02 Å². The first-order valence-electron chi connectivity index (χ1n) is 4.53. The molecule has 0 aromatic heterocycles. The Morgan fingerprint density at radius 2 is 2.13 bits per heavy atom. The van der Waals surface area contributed by atoms with Gasteiger partial charge in [0.15, 0.2) is 0 Å². The fourth-order valence-electron chi connectivity index (χ4n) is 1.38. The maximum atomic E-state index is 13.6. The van der Waals surface area contributed by atoms with Crippen LogP contribution in [0, 0.1) is 5.82 Å². The number of carbonyl (C=O) groups is 1. The highest BCUT2D eigenvalue weighted by Gasteiger charge is 2.23. The lowest BCUT2D eigenvalue weighted by atomic mass is 9.95. The molecule has 0 aliphatic rings. The Morgan fingerprint density at radius 3 is 2.67 bits per heavy atom. The van der Waals surface area contributed by atoms with E-state index in [9.17, 15) is 9.18 Å². The molecule has 0 heterocycles. The number of alkyl halides is 1. The number of hydrogen-bond donors (Lipinski definition) is 0. The average molecular weight is 294 g/mol. The van der Waals surface area contributed by atoms with Crippen LogP contribution in [0.1, 0.15) is 25.3 Å². The van der Waals surface area contributed by atoms with Crippen molar-refractivity contribution in [3.8, 4) is 0 Å². The first-order valence-corrected chi connectivity index (χ1v) is 5.83. The summed E-state index contributed by atoms with van der Waals surface area (Å²) in [6, 6.07) is 4.81. The summed E-state index contributed by atoms with van der Waals surface area (Å²) in [5, 5.41) is 0.0857. The van der Waals surface area contributed by atoms with E-state index >= 15 is 0 Å². The van der Waals surface area contributed by atoms with Crippen molar-refractivity contribution in [3.63, 3.8) is 0 Å². The molecular weight excluding hydrogens is 282 g/mol. The second kappa shape index (κ2) is 5.08. The molecule has 0 saturated carbocycles. The highest BCUT2D eigenvalue weighted by molar-refractivity contribution is 9.10. The van der Waals surface area contributed by atoms with E-state index in [2.05, 4.69) is 15.9 Å². The van der Waals surface area contributed by atoms with Crippen LogP contribution < -0.4 is 0 Å². The maximum Gasteiger partial charge on any atom is 0.145 e. The van der Waals surface area contributed by atoms with E-state index in [0.29, 0.717) is 5.56 Å². The Hall–Kier alpha value is -0.410. The lowest BCUT2D eigenvalue weighted by Gasteiger charge is -2.17. The predicted molar refractivity (Wildman–Crippen MR) is 63.2 cm³/mol. The molecule has 2 unspecified atom stereocenters. The molecule has 0 saturated heterocycles. The SMILES string of the molecule is CC(=O)C(Br)C(C)c1cccc(Cl)c1F. The number of carbonyl (C=O) groups excluding carboxylic acids is 1. The van der Waals surface area contributed by atoms with E-state index < -0.39 is 5.82 Å². The molecule has 0 fully saturated rings. The molecule has 2 atom stereocenters. The number of hydrogen-bond acceptors (Lipinski definition) is 1. The summed E-state index contributed by atoms with van der Waals surface area (Å²) >= 11 is 8.91. The van der Waals surface area contributed by atoms with Crippen LogP contribution >= 0.6 is 27.5 Å². The molecule has 15 heavy (non-hydrogen) atoms. The molecule has 0 aliphatic carbocycles. The van der Waals surface area contributed by atoms with Crippen molar-refractivity contribution in [3.05, 3.63) is 34.6 Å². The van der Waals surface area contributed by atoms with Gasteiger partial charge >= 0.3 is 0 Å². The summed E-state index contributed by atoms with van der Waals surface area (Å²) in [5.41, 5.74) is 0.458. The second-order valence-corrected chi connectivity index (χ2v) is 4.84. The second-order valence-electron chi connectivity index (χ2n) is 3.44. The molecule has 0 radical (unpaired) electrons. The standard InChI is InChI=1S/C11H11BrClFO/c1-6(10(12)7(2)15)8-4-3-5-9(13)11(8)14/h3-6,10H,1-2H3. The Morgan fingerprint density at radius 1 is 1.53 bits per heavy atom. The van der Waals surface area contributed by atoms with Crippen LogP contribution in [0.25, 0.3) is 0 Å². The molecule has 82 valence electrons. The van der Waals surface area contributed by atoms with Crippen LogP contribution in [0.15, 0.2) is 18.2 Å². The van der Waals surface area contributed by atoms with E-state index in [1.807, 2.05) is 0 Å². The third kappa shape index (κ3) is 2.79. The minimum Gasteiger partial charge on any atom is -0.299 e. The molecule has 0 aliphatic heterocycles. The van der Waals surface area contributed by atoms with Gasteiger partial charge in [0, 0.05) is 5.92 Å². The minimum absolute atomic E-state index is 0.0260. The van der Waals surface area contributed by atoms with Crippen molar-refractivity contribution in [2.75, 3.05) is 0 Å². The average Bonchev–Trinajstić information content (AvgIpc) is 2.20. The highest BCUT2D eigenvalue weighted by atomic mass is 79.9. The molecule has 1 aromatic carbocycles. The third-order valence-electron chi connectivity index (χ3n) is 2.30. The van der Waals surface area contributed by atoms with Crippen molar-refractivity contribution in [1.29, 1.82) is 0 Å². The summed E-state index contributed by atoms with van der Waals surface area (Å²) in [5.74, 6) is -0.708. The van der Waals surface area contributed by atoms with Gasteiger partial charge in [-0.2, -0.15) is 0 Å². The molecule has 1 rings (SSSR count). The van der Waals surface area contributed by atoms with Crippen LogP contribution in [0.4, 0.5) is 4.39 Å². The van der Waals surface area contributed by atoms with E-state index in [0.717, 1.165) is 0 Å². The monoisotopic (exact) mass is 292 g/mol. The van der Waals surface area contributed by atoms with Gasteiger partial charge in [-0.3, -0.25) is 4.79 Å². The van der Waals surface area contributed by atoms with Crippen molar-refractivity contribution in [1.82, 2.24) is 0 Å². The number of ketones is 1. The zero-order valence-corrected chi connectivity index (χ0v) is 10.8. The molecular formula is C11H11BrClFO. The van der Waals surface area contributed by atoms with Gasteiger partial charge in [-0.15, -0.1) is 0 Å². The topological polar surface area (TPSA) is 17.1 Å². The molecule has 4 heteroatoms. The number of benzene rings is 1. The smallest absolute Gasteiger partial charge is 0.145 e. The van der Waals surface area contributed by atoms with Gasteiger partial charge in [-0.25, -0.2) is 4.39 Å². The maximum absolute atomic E-state index is 13.6. The van der Waals surface area contributed by atoms with Gasteiger partial charge in [0.25, 0.3) is 0 Å². The molecule has 0 amide bonds. The summed E-state index contributed by atoms with van der Waals surface area (Å²) in [6.07, 6.45) is 0. The van der Waals surface area contributed by atoms with E-state index in [4.69, 9.17) is 11.6 Å². The zero-order valence-electron chi connectivity index (χ0n) is 8.43. The van der Waals surface area contributed by atoms with E-state index in [1.165, 1.54) is 13.0 Å². The molecule has 0 spiro atoms. The predicted octanol–water partition coefficient (Wildman–Crippen LogP) is 3.94. The van der Waals surface area contributed by atoms with Crippen molar-refractivity contribution in [2.24, 2.45) is 0 Å². The summed E-state index contributed by atoms with van der Waals surface area (Å²) in [6.45, 7) is 3.26. The molecule has 1 nitrogen and oxygen atoms in total. The van der Waals surface area contributed by atoms with Gasteiger partial charge in [0.05, 0.1) is 9.85 Å². The van der Waals surface area contributed by atoms with Gasteiger partial charge in [-0.1, -0.05) is 46.6 Å². The lowest BCUT2D eigenvalue weighted by Crippen LogP contribution is -2.18. The first kappa shape index (κ1) is 12.7. The fraction of sp³-hybridized carbons (Fsp3) is 0.364. The Labute approximate surface area is 102 Å². The summed E-state index contributed by atoms with van der Waals surface area (Å²) in [7, 11) is 0. The van der Waals surface area contributed by atoms with Crippen molar-refractivity contribution < 1.29 is 9.18 Å². The van der Waals surface area contributed by atoms with Crippen LogP contribution in [0.3, 0.4) is 0 Å². The normalized spacial score (nSPS) is 14.7. The quantitative estimate of drug-likeness (QED) is 0.772. The van der Waals surface area contributed by atoms with E-state index in [-0.39, 0.29) is 21.6 Å². The van der Waals surface area contributed by atoms with Crippen LogP contribution in [-0.2, 0) is 4.79 Å². The summed E-state index contributed by atoms with van der Waals surface area (Å²) in [4.78, 5) is 10.8. The molecule has 0 N–H and O–H groups in total. The minimum atomic E-state index is -0.447. The zero-order chi connectivity index (χ0) is 11.6.